The summed E-state index contributed by atoms with van der Waals surface area (Å²) in [5.41, 5.74) is 2.33. The van der Waals surface area contributed by atoms with Crippen LogP contribution in [0.2, 0.25) is 0 Å². The fraction of sp³-hybridized carbons (Fsp3) is 0.333. The molecule has 2 aromatic rings. The summed E-state index contributed by atoms with van der Waals surface area (Å²) in [6.45, 7) is 4.53. The van der Waals surface area contributed by atoms with Crippen LogP contribution in [0.5, 0.6) is 5.75 Å². The number of anilines is 1. The number of methoxy groups -OCH3 is 1. The van der Waals surface area contributed by atoms with Gasteiger partial charge in [0.25, 0.3) is 5.69 Å². The van der Waals surface area contributed by atoms with Crippen molar-refractivity contribution in [2.24, 2.45) is 0 Å². The van der Waals surface area contributed by atoms with Crippen LogP contribution in [-0.4, -0.2) is 43.1 Å². The molecule has 0 bridgehead atoms. The lowest BCUT2D eigenvalue weighted by molar-refractivity contribution is -0.384. The molecule has 0 saturated carbocycles. The molecule has 3 rings (SSSR count). The average Bonchev–Trinajstić information content (AvgIpc) is 2.63. The van der Waals surface area contributed by atoms with Gasteiger partial charge in [0, 0.05) is 50.5 Å². The van der Waals surface area contributed by atoms with Gasteiger partial charge in [-0.2, -0.15) is 0 Å². The smallest absolute Gasteiger partial charge is 0.271 e. The first kappa shape index (κ1) is 16.3. The highest BCUT2D eigenvalue weighted by Crippen LogP contribution is 2.22. The van der Waals surface area contributed by atoms with Crippen molar-refractivity contribution in [3.8, 4) is 5.75 Å². The Labute approximate surface area is 141 Å². The number of rotatable bonds is 5. The van der Waals surface area contributed by atoms with E-state index in [1.807, 2.05) is 18.2 Å². The molecule has 0 spiro atoms. The lowest BCUT2D eigenvalue weighted by atomic mass is 10.1. The maximum absolute atomic E-state index is 10.9. The molecular formula is C18H21N3O3. The van der Waals surface area contributed by atoms with Gasteiger partial charge in [-0.25, -0.2) is 0 Å². The molecule has 0 radical (unpaired) electrons. The zero-order valence-corrected chi connectivity index (χ0v) is 13.7. The van der Waals surface area contributed by atoms with E-state index in [2.05, 4.69) is 21.9 Å². The molecule has 6 heteroatoms. The van der Waals surface area contributed by atoms with Crippen LogP contribution in [0.25, 0.3) is 0 Å². The van der Waals surface area contributed by atoms with E-state index in [1.165, 1.54) is 11.6 Å². The summed E-state index contributed by atoms with van der Waals surface area (Å²) in [4.78, 5) is 15.2. The van der Waals surface area contributed by atoms with Gasteiger partial charge in [-0.1, -0.05) is 18.2 Å². The Morgan fingerprint density at radius 3 is 2.42 bits per heavy atom. The number of benzene rings is 2. The second-order valence-electron chi connectivity index (χ2n) is 5.89. The molecule has 24 heavy (non-hydrogen) atoms. The maximum atomic E-state index is 10.9. The summed E-state index contributed by atoms with van der Waals surface area (Å²) in [6, 6.07) is 15.0. The number of nitro benzene ring substituents is 1. The Kier molecular flexibility index (Phi) is 4.96. The SMILES string of the molecule is COc1ccc(CN2CCN(c3cccc([N+](=O)[O-])c3)CC2)cc1. The van der Waals surface area contributed by atoms with Crippen molar-refractivity contribution in [3.05, 3.63) is 64.2 Å². The second kappa shape index (κ2) is 7.31. The summed E-state index contributed by atoms with van der Waals surface area (Å²) in [5.74, 6) is 0.870. The Hall–Kier alpha value is -2.60. The zero-order chi connectivity index (χ0) is 16.9. The average molecular weight is 327 g/mol. The van der Waals surface area contributed by atoms with Gasteiger partial charge < -0.3 is 9.64 Å². The molecule has 1 aliphatic heterocycles. The maximum Gasteiger partial charge on any atom is 0.271 e. The lowest BCUT2D eigenvalue weighted by Crippen LogP contribution is -2.45. The molecular weight excluding hydrogens is 306 g/mol. The Bertz CT molecular complexity index is 695. The van der Waals surface area contributed by atoms with Gasteiger partial charge in [-0.3, -0.25) is 15.0 Å². The second-order valence-corrected chi connectivity index (χ2v) is 5.89. The van der Waals surface area contributed by atoms with Crippen LogP contribution in [0.3, 0.4) is 0 Å². The van der Waals surface area contributed by atoms with Crippen LogP contribution in [0.4, 0.5) is 11.4 Å². The van der Waals surface area contributed by atoms with E-state index in [-0.39, 0.29) is 10.6 Å². The molecule has 1 fully saturated rings. The predicted molar refractivity (Wildman–Crippen MR) is 93.6 cm³/mol. The van der Waals surface area contributed by atoms with Crippen LogP contribution in [-0.2, 0) is 6.54 Å². The molecule has 1 aliphatic rings. The van der Waals surface area contributed by atoms with Crippen LogP contribution in [0, 0.1) is 10.1 Å². The first-order valence-electron chi connectivity index (χ1n) is 8.00. The minimum atomic E-state index is -0.344. The standard InChI is InChI=1S/C18H21N3O3/c1-24-18-7-5-15(6-8-18)14-19-9-11-20(12-10-19)16-3-2-4-17(13-16)21(22)23/h2-8,13H,9-12,14H2,1H3. The monoisotopic (exact) mass is 327 g/mol. The summed E-state index contributed by atoms with van der Waals surface area (Å²) < 4.78 is 5.18. The quantitative estimate of drug-likeness (QED) is 0.624. The Morgan fingerprint density at radius 1 is 1.08 bits per heavy atom. The molecule has 0 unspecified atom stereocenters. The molecule has 0 aromatic heterocycles. The van der Waals surface area contributed by atoms with Gasteiger partial charge in [-0.05, 0) is 23.8 Å². The molecule has 1 saturated heterocycles. The zero-order valence-electron chi connectivity index (χ0n) is 13.7. The summed E-state index contributed by atoms with van der Waals surface area (Å²) in [7, 11) is 1.67. The number of piperazine rings is 1. The van der Waals surface area contributed by atoms with Gasteiger partial charge in [-0.15, -0.1) is 0 Å². The number of nitro groups is 1. The van der Waals surface area contributed by atoms with E-state index in [9.17, 15) is 10.1 Å². The highest BCUT2D eigenvalue weighted by Gasteiger charge is 2.18. The molecule has 6 nitrogen and oxygen atoms in total. The van der Waals surface area contributed by atoms with Crippen molar-refractivity contribution >= 4 is 11.4 Å². The van der Waals surface area contributed by atoms with E-state index in [1.54, 1.807) is 19.2 Å². The molecule has 0 atom stereocenters. The minimum absolute atomic E-state index is 0.146. The van der Waals surface area contributed by atoms with Crippen LogP contribution in [0.1, 0.15) is 5.56 Å². The van der Waals surface area contributed by atoms with Gasteiger partial charge in [0.15, 0.2) is 0 Å². The van der Waals surface area contributed by atoms with Crippen molar-refractivity contribution in [1.82, 2.24) is 4.90 Å². The van der Waals surface area contributed by atoms with E-state index >= 15 is 0 Å². The normalized spacial score (nSPS) is 15.3. The predicted octanol–water partition coefficient (Wildman–Crippen LogP) is 2.93. The first-order valence-corrected chi connectivity index (χ1v) is 8.00. The molecule has 126 valence electrons. The largest absolute Gasteiger partial charge is 0.497 e. The van der Waals surface area contributed by atoms with Crippen molar-refractivity contribution in [1.29, 1.82) is 0 Å². The van der Waals surface area contributed by atoms with Crippen LogP contribution in [0.15, 0.2) is 48.5 Å². The molecule has 1 heterocycles. The molecule has 0 N–H and O–H groups in total. The molecule has 0 amide bonds. The Morgan fingerprint density at radius 2 is 1.79 bits per heavy atom. The van der Waals surface area contributed by atoms with Crippen molar-refractivity contribution in [2.75, 3.05) is 38.2 Å². The summed E-state index contributed by atoms with van der Waals surface area (Å²) in [5, 5.41) is 10.9. The van der Waals surface area contributed by atoms with Crippen molar-refractivity contribution in [2.45, 2.75) is 6.54 Å². The molecule has 0 aliphatic carbocycles. The number of ether oxygens (including phenoxy) is 1. The topological polar surface area (TPSA) is 58.8 Å². The van der Waals surface area contributed by atoms with Gasteiger partial charge in [0.05, 0.1) is 12.0 Å². The van der Waals surface area contributed by atoms with Crippen LogP contribution < -0.4 is 9.64 Å². The Balaban J connectivity index is 1.57. The summed E-state index contributed by atoms with van der Waals surface area (Å²) in [6.07, 6.45) is 0. The third-order valence-electron chi connectivity index (χ3n) is 4.34. The van der Waals surface area contributed by atoms with E-state index in [4.69, 9.17) is 4.74 Å². The van der Waals surface area contributed by atoms with Crippen molar-refractivity contribution < 1.29 is 9.66 Å². The number of nitrogens with zero attached hydrogens (tertiary/aromatic N) is 3. The molecule has 2 aromatic carbocycles. The fourth-order valence-electron chi connectivity index (χ4n) is 2.96. The number of hydrogen-bond donors (Lipinski definition) is 0. The lowest BCUT2D eigenvalue weighted by Gasteiger charge is -2.36. The highest BCUT2D eigenvalue weighted by atomic mass is 16.6. The highest BCUT2D eigenvalue weighted by molar-refractivity contribution is 5.53. The van der Waals surface area contributed by atoms with Gasteiger partial charge in [0.2, 0.25) is 0 Å². The van der Waals surface area contributed by atoms with Crippen molar-refractivity contribution in [3.63, 3.8) is 0 Å². The summed E-state index contributed by atoms with van der Waals surface area (Å²) >= 11 is 0. The van der Waals surface area contributed by atoms with E-state index < -0.39 is 0 Å². The third kappa shape index (κ3) is 3.83. The number of hydrogen-bond acceptors (Lipinski definition) is 5. The van der Waals surface area contributed by atoms with Crippen LogP contribution >= 0.6 is 0 Å². The van der Waals surface area contributed by atoms with E-state index in [0.29, 0.717) is 0 Å². The first-order chi connectivity index (χ1) is 11.7. The van der Waals surface area contributed by atoms with Gasteiger partial charge >= 0.3 is 0 Å². The fourth-order valence-corrected chi connectivity index (χ4v) is 2.96. The van der Waals surface area contributed by atoms with E-state index in [0.717, 1.165) is 44.2 Å². The third-order valence-corrected chi connectivity index (χ3v) is 4.34. The number of non-ortho nitro benzene ring substituents is 1. The minimum Gasteiger partial charge on any atom is -0.497 e. The van der Waals surface area contributed by atoms with Gasteiger partial charge in [0.1, 0.15) is 5.75 Å².